The zero-order valence-corrected chi connectivity index (χ0v) is 17.1. The van der Waals surface area contributed by atoms with E-state index in [4.69, 9.17) is 9.15 Å². The summed E-state index contributed by atoms with van der Waals surface area (Å²) in [5.74, 6) is 2.46. The number of nitrogens with zero attached hydrogens (tertiary/aromatic N) is 1. The lowest BCUT2D eigenvalue weighted by Gasteiger charge is -2.07. The Bertz CT molecular complexity index is 956. The van der Waals surface area contributed by atoms with E-state index in [1.807, 2.05) is 31.2 Å². The van der Waals surface area contributed by atoms with Gasteiger partial charge in [0.1, 0.15) is 17.3 Å². The molecule has 0 bridgehead atoms. The van der Waals surface area contributed by atoms with Crippen LogP contribution >= 0.6 is 11.8 Å². The van der Waals surface area contributed by atoms with Crippen molar-refractivity contribution in [2.45, 2.75) is 19.1 Å². The minimum absolute atomic E-state index is 0.231. The number of aryl methyl sites for hydroxylation is 1. The number of esters is 1. The molecule has 29 heavy (non-hydrogen) atoms. The maximum atomic E-state index is 13.1. The third-order valence-corrected chi connectivity index (χ3v) is 5.18. The summed E-state index contributed by atoms with van der Waals surface area (Å²) in [6.45, 7) is 2.31. The van der Waals surface area contributed by atoms with Crippen LogP contribution < -0.4 is 4.74 Å². The van der Waals surface area contributed by atoms with Crippen molar-refractivity contribution in [3.05, 3.63) is 71.4 Å². The van der Waals surface area contributed by atoms with E-state index in [0.717, 1.165) is 28.3 Å². The molecule has 0 radical (unpaired) electrons. The topological polar surface area (TPSA) is 61.6 Å². The molecule has 3 aromatic rings. The molecule has 7 heteroatoms. The molecule has 152 valence electrons. The molecule has 0 fully saturated rings. The van der Waals surface area contributed by atoms with Crippen LogP contribution in [0.3, 0.4) is 0 Å². The molecule has 2 aromatic carbocycles. The zero-order valence-electron chi connectivity index (χ0n) is 16.3. The van der Waals surface area contributed by atoms with E-state index < -0.39 is 0 Å². The highest BCUT2D eigenvalue weighted by atomic mass is 32.2. The van der Waals surface area contributed by atoms with Crippen LogP contribution in [0.1, 0.15) is 17.0 Å². The van der Waals surface area contributed by atoms with Gasteiger partial charge in [-0.1, -0.05) is 12.1 Å². The van der Waals surface area contributed by atoms with Crippen LogP contribution in [0.4, 0.5) is 4.39 Å². The fraction of sp³-hybridized carbons (Fsp3) is 0.273. The average Bonchev–Trinajstić information content (AvgIpc) is 3.09. The molecule has 1 aromatic heterocycles. The first kappa shape index (κ1) is 20.9. The Hall–Kier alpha value is -2.80. The Kier molecular flexibility index (Phi) is 7.30. The van der Waals surface area contributed by atoms with Crippen molar-refractivity contribution in [3.63, 3.8) is 0 Å². The molecule has 0 unspecified atom stereocenters. The van der Waals surface area contributed by atoms with Crippen molar-refractivity contribution in [1.82, 2.24) is 4.98 Å². The fourth-order valence-electron chi connectivity index (χ4n) is 2.68. The van der Waals surface area contributed by atoms with E-state index in [2.05, 4.69) is 9.72 Å². The molecule has 0 saturated carbocycles. The molecule has 0 aliphatic heterocycles. The number of hydrogen-bond acceptors (Lipinski definition) is 6. The predicted molar refractivity (Wildman–Crippen MR) is 110 cm³/mol. The van der Waals surface area contributed by atoms with Gasteiger partial charge in [0, 0.05) is 17.7 Å². The van der Waals surface area contributed by atoms with Crippen molar-refractivity contribution < 1.29 is 23.1 Å². The average molecular weight is 415 g/mol. The molecule has 0 aliphatic carbocycles. The van der Waals surface area contributed by atoms with Crippen LogP contribution in [0.5, 0.6) is 5.75 Å². The number of carbonyl (C=O) groups excluding carboxylic acids is 1. The van der Waals surface area contributed by atoms with E-state index in [0.29, 0.717) is 30.4 Å². The second-order valence-electron chi connectivity index (χ2n) is 6.34. The number of ether oxygens (including phenoxy) is 2. The van der Waals surface area contributed by atoms with E-state index in [1.165, 1.54) is 31.0 Å². The van der Waals surface area contributed by atoms with E-state index in [-0.39, 0.29) is 11.8 Å². The highest BCUT2D eigenvalue weighted by Crippen LogP contribution is 2.23. The monoisotopic (exact) mass is 415 g/mol. The molecule has 1 heterocycles. The number of hydrogen-bond donors (Lipinski definition) is 0. The number of thioether (sulfide) groups is 1. The van der Waals surface area contributed by atoms with E-state index in [9.17, 15) is 9.18 Å². The van der Waals surface area contributed by atoms with Gasteiger partial charge in [0.25, 0.3) is 0 Å². The number of oxazole rings is 1. The van der Waals surface area contributed by atoms with Crippen molar-refractivity contribution in [3.8, 4) is 17.2 Å². The summed E-state index contributed by atoms with van der Waals surface area (Å²) in [4.78, 5) is 15.7. The van der Waals surface area contributed by atoms with Gasteiger partial charge < -0.3 is 13.9 Å². The van der Waals surface area contributed by atoms with Crippen molar-refractivity contribution in [2.24, 2.45) is 0 Å². The third kappa shape index (κ3) is 6.09. The Morgan fingerprint density at radius 1 is 1.21 bits per heavy atom. The van der Waals surface area contributed by atoms with Gasteiger partial charge in [0.15, 0.2) is 0 Å². The fourth-order valence-corrected chi connectivity index (χ4v) is 3.48. The van der Waals surface area contributed by atoms with Gasteiger partial charge >= 0.3 is 5.97 Å². The summed E-state index contributed by atoms with van der Waals surface area (Å²) in [6, 6.07) is 13.8. The second kappa shape index (κ2) is 10.1. The van der Waals surface area contributed by atoms with Crippen LogP contribution in [0.15, 0.2) is 52.9 Å². The Labute approximate surface area is 173 Å². The smallest absolute Gasteiger partial charge is 0.315 e. The van der Waals surface area contributed by atoms with Gasteiger partial charge in [-0.05, 0) is 48.9 Å². The number of halogens is 1. The van der Waals surface area contributed by atoms with Gasteiger partial charge in [0.05, 0.1) is 25.2 Å². The first-order chi connectivity index (χ1) is 14.0. The van der Waals surface area contributed by atoms with Gasteiger partial charge in [-0.25, -0.2) is 9.37 Å². The summed E-state index contributed by atoms with van der Waals surface area (Å²) in [5.41, 5.74) is 2.63. The lowest BCUT2D eigenvalue weighted by Crippen LogP contribution is -2.04. The Morgan fingerprint density at radius 2 is 2.00 bits per heavy atom. The van der Waals surface area contributed by atoms with Crippen LogP contribution in [-0.4, -0.2) is 30.4 Å². The lowest BCUT2D eigenvalue weighted by atomic mass is 10.2. The Balaban J connectivity index is 1.53. The molecule has 5 nitrogen and oxygen atoms in total. The Morgan fingerprint density at radius 3 is 2.76 bits per heavy atom. The number of benzene rings is 2. The largest absolute Gasteiger partial charge is 0.493 e. The van der Waals surface area contributed by atoms with Crippen LogP contribution in [0.25, 0.3) is 11.5 Å². The summed E-state index contributed by atoms with van der Waals surface area (Å²) in [6.07, 6.45) is 0.595. The summed E-state index contributed by atoms with van der Waals surface area (Å²) >= 11 is 1.50. The maximum absolute atomic E-state index is 13.1. The van der Waals surface area contributed by atoms with Gasteiger partial charge in [0.2, 0.25) is 5.89 Å². The van der Waals surface area contributed by atoms with E-state index >= 15 is 0 Å². The first-order valence-corrected chi connectivity index (χ1v) is 10.3. The maximum Gasteiger partial charge on any atom is 0.315 e. The van der Waals surface area contributed by atoms with Crippen LogP contribution in [0, 0.1) is 12.7 Å². The zero-order chi connectivity index (χ0) is 20.6. The van der Waals surface area contributed by atoms with Gasteiger partial charge in [-0.2, -0.15) is 0 Å². The molecule has 0 spiro atoms. The molecule has 0 atom stereocenters. The van der Waals surface area contributed by atoms with Crippen molar-refractivity contribution >= 4 is 17.7 Å². The van der Waals surface area contributed by atoms with Crippen molar-refractivity contribution in [1.29, 1.82) is 0 Å². The number of carbonyl (C=O) groups is 1. The highest BCUT2D eigenvalue weighted by molar-refractivity contribution is 7.99. The predicted octanol–water partition coefficient (Wildman–Crippen LogP) is 4.82. The first-order valence-electron chi connectivity index (χ1n) is 9.13. The second-order valence-corrected chi connectivity index (χ2v) is 7.33. The van der Waals surface area contributed by atoms with Gasteiger partial charge in [-0.15, -0.1) is 11.8 Å². The summed E-state index contributed by atoms with van der Waals surface area (Å²) in [5, 5.41) is 0. The normalized spacial score (nSPS) is 10.7. The number of rotatable bonds is 9. The van der Waals surface area contributed by atoms with Crippen LogP contribution in [0.2, 0.25) is 0 Å². The van der Waals surface area contributed by atoms with Crippen LogP contribution in [-0.2, 0) is 21.7 Å². The minimum Gasteiger partial charge on any atom is -0.493 e. The number of aromatic nitrogens is 1. The molecule has 0 saturated heterocycles. The molecular formula is C22H22FNO4S. The lowest BCUT2D eigenvalue weighted by molar-refractivity contribution is -0.137. The summed E-state index contributed by atoms with van der Waals surface area (Å²) in [7, 11) is 1.39. The molecule has 0 aliphatic rings. The molecule has 0 amide bonds. The molecule has 3 rings (SSSR count). The minimum atomic E-state index is -0.295. The standard InChI is InChI=1S/C22H22FNO4S/c1-15-20(24-22(28-15)17-6-8-18(23)9-7-17)10-11-27-19-5-3-4-16(12-19)13-29-14-21(25)26-2/h3-9,12H,10-11,13-14H2,1-2H3. The quantitative estimate of drug-likeness (QED) is 0.467. The summed E-state index contributed by atoms with van der Waals surface area (Å²) < 4.78 is 29.3. The molecular weight excluding hydrogens is 393 g/mol. The molecule has 0 N–H and O–H groups in total. The SMILES string of the molecule is COC(=O)CSCc1cccc(OCCc2nc(-c3ccc(F)cc3)oc2C)c1. The highest BCUT2D eigenvalue weighted by Gasteiger charge is 2.12. The van der Waals surface area contributed by atoms with E-state index in [1.54, 1.807) is 12.1 Å². The van der Waals surface area contributed by atoms with Gasteiger partial charge in [-0.3, -0.25) is 4.79 Å². The third-order valence-electron chi connectivity index (χ3n) is 4.21. The van der Waals surface area contributed by atoms with Crippen molar-refractivity contribution in [2.75, 3.05) is 19.5 Å². The number of methoxy groups -OCH3 is 1.